The van der Waals surface area contributed by atoms with Gasteiger partial charge in [0.25, 0.3) is 11.5 Å². The molecule has 0 saturated heterocycles. The molecule has 0 atom stereocenters. The number of nitrogens with one attached hydrogen (secondary N) is 2. The van der Waals surface area contributed by atoms with E-state index in [0.29, 0.717) is 23.0 Å². The summed E-state index contributed by atoms with van der Waals surface area (Å²) in [4.78, 5) is 25.7. The lowest BCUT2D eigenvalue weighted by Gasteiger charge is -2.20. The molecule has 1 amide bonds. The molecule has 2 N–H and O–H groups in total. The average molecular weight is 378 g/mol. The number of fused-ring (bicyclic) bond motifs is 1. The summed E-state index contributed by atoms with van der Waals surface area (Å²) in [6, 6.07) is 16.2. The maximum Gasteiger partial charge on any atom is 0.279 e. The van der Waals surface area contributed by atoms with E-state index >= 15 is 0 Å². The third-order valence-corrected chi connectivity index (χ3v) is 4.32. The minimum absolute atomic E-state index is 0.0486. The van der Waals surface area contributed by atoms with E-state index in [1.807, 2.05) is 18.2 Å². The van der Waals surface area contributed by atoms with Crippen LogP contribution < -0.4 is 16.2 Å². The lowest BCUT2D eigenvalue weighted by molar-refractivity contribution is 0.0948. The van der Waals surface area contributed by atoms with Gasteiger partial charge in [0.1, 0.15) is 0 Å². The maximum atomic E-state index is 12.9. The van der Waals surface area contributed by atoms with Crippen molar-refractivity contribution in [3.8, 4) is 5.69 Å². The third-order valence-electron chi connectivity index (χ3n) is 4.32. The molecule has 28 heavy (non-hydrogen) atoms. The molecule has 0 radical (unpaired) electrons. The Kier molecular flexibility index (Phi) is 5.90. The predicted octanol–water partition coefficient (Wildman–Crippen LogP) is 2.89. The zero-order valence-electron chi connectivity index (χ0n) is 16.5. The van der Waals surface area contributed by atoms with Gasteiger partial charge in [-0.15, -0.1) is 0 Å². The lowest BCUT2D eigenvalue weighted by atomic mass is 10.1. The number of amides is 1. The first-order chi connectivity index (χ1) is 13.4. The van der Waals surface area contributed by atoms with Gasteiger partial charge in [0, 0.05) is 17.5 Å². The fourth-order valence-corrected chi connectivity index (χ4v) is 2.94. The van der Waals surface area contributed by atoms with Crippen molar-refractivity contribution in [3.63, 3.8) is 0 Å². The van der Waals surface area contributed by atoms with Gasteiger partial charge in [0.15, 0.2) is 5.69 Å². The highest BCUT2D eigenvalue weighted by Crippen LogP contribution is 2.15. The number of carbonyl (C=O) groups is 1. The SMILES string of the molecule is CC(C)(C)NCCCNC(=O)c1nn(-c2ccccc2)c(=O)c2ccccc12. The van der Waals surface area contributed by atoms with Gasteiger partial charge >= 0.3 is 0 Å². The second kappa shape index (κ2) is 8.35. The van der Waals surface area contributed by atoms with Crippen LogP contribution in [0.2, 0.25) is 0 Å². The molecule has 0 unspecified atom stereocenters. The van der Waals surface area contributed by atoms with Gasteiger partial charge < -0.3 is 10.6 Å². The number of carbonyl (C=O) groups excluding carboxylic acids is 1. The van der Waals surface area contributed by atoms with Gasteiger partial charge in [-0.05, 0) is 51.9 Å². The molecule has 0 fully saturated rings. The smallest absolute Gasteiger partial charge is 0.279 e. The summed E-state index contributed by atoms with van der Waals surface area (Å²) in [6.07, 6.45) is 0.805. The van der Waals surface area contributed by atoms with Crippen molar-refractivity contribution in [3.05, 3.63) is 70.6 Å². The molecule has 1 heterocycles. The van der Waals surface area contributed by atoms with Gasteiger partial charge in [0.05, 0.1) is 11.1 Å². The van der Waals surface area contributed by atoms with Gasteiger partial charge in [-0.2, -0.15) is 9.78 Å². The number of aromatic nitrogens is 2. The normalized spacial score (nSPS) is 11.5. The van der Waals surface area contributed by atoms with Crippen molar-refractivity contribution in [1.82, 2.24) is 20.4 Å². The van der Waals surface area contributed by atoms with Crippen molar-refractivity contribution in [2.75, 3.05) is 13.1 Å². The molecule has 6 nitrogen and oxygen atoms in total. The summed E-state index contributed by atoms with van der Waals surface area (Å²) in [7, 11) is 0. The van der Waals surface area contributed by atoms with E-state index in [1.165, 1.54) is 4.68 Å². The van der Waals surface area contributed by atoms with E-state index in [4.69, 9.17) is 0 Å². The van der Waals surface area contributed by atoms with Crippen LogP contribution in [0.5, 0.6) is 0 Å². The highest BCUT2D eigenvalue weighted by atomic mass is 16.2. The van der Waals surface area contributed by atoms with Crippen molar-refractivity contribution >= 4 is 16.7 Å². The second-order valence-electron chi connectivity index (χ2n) is 7.73. The summed E-state index contributed by atoms with van der Waals surface area (Å²) in [5, 5.41) is 11.7. The molecule has 146 valence electrons. The zero-order chi connectivity index (χ0) is 20.1. The van der Waals surface area contributed by atoms with E-state index in [1.54, 1.807) is 36.4 Å². The molecule has 0 aliphatic heterocycles. The topological polar surface area (TPSA) is 76.0 Å². The Morgan fingerprint density at radius 2 is 1.61 bits per heavy atom. The fourth-order valence-electron chi connectivity index (χ4n) is 2.94. The van der Waals surface area contributed by atoms with Crippen molar-refractivity contribution in [1.29, 1.82) is 0 Å². The van der Waals surface area contributed by atoms with Crippen LogP contribution in [0.1, 0.15) is 37.7 Å². The minimum atomic E-state index is -0.281. The molecule has 0 bridgehead atoms. The van der Waals surface area contributed by atoms with Crippen LogP contribution in [0.15, 0.2) is 59.4 Å². The summed E-state index contributed by atoms with van der Waals surface area (Å²) < 4.78 is 1.29. The van der Waals surface area contributed by atoms with Gasteiger partial charge in [0.2, 0.25) is 0 Å². The molecule has 3 aromatic rings. The fraction of sp³-hybridized carbons (Fsp3) is 0.318. The van der Waals surface area contributed by atoms with Crippen molar-refractivity contribution < 1.29 is 4.79 Å². The van der Waals surface area contributed by atoms with E-state index in [-0.39, 0.29) is 22.7 Å². The monoisotopic (exact) mass is 378 g/mol. The Morgan fingerprint density at radius 3 is 2.29 bits per heavy atom. The number of hydrogen-bond donors (Lipinski definition) is 2. The Labute approximate surface area is 164 Å². The van der Waals surface area contributed by atoms with Crippen LogP contribution in [0, 0.1) is 0 Å². The first-order valence-corrected chi connectivity index (χ1v) is 9.47. The van der Waals surface area contributed by atoms with Crippen LogP contribution in [0.25, 0.3) is 16.5 Å². The lowest BCUT2D eigenvalue weighted by Crippen LogP contribution is -2.38. The molecular weight excluding hydrogens is 352 g/mol. The number of rotatable bonds is 6. The Hall–Kier alpha value is -2.99. The quantitative estimate of drug-likeness (QED) is 0.647. The largest absolute Gasteiger partial charge is 0.351 e. The van der Waals surface area contributed by atoms with E-state index in [9.17, 15) is 9.59 Å². The van der Waals surface area contributed by atoms with Crippen LogP contribution in [-0.4, -0.2) is 34.3 Å². The Morgan fingerprint density at radius 1 is 0.964 bits per heavy atom. The first kappa shape index (κ1) is 19.8. The number of benzene rings is 2. The summed E-state index contributed by atoms with van der Waals surface area (Å²) in [5.41, 5.74) is 0.685. The van der Waals surface area contributed by atoms with Crippen LogP contribution in [-0.2, 0) is 0 Å². The second-order valence-corrected chi connectivity index (χ2v) is 7.73. The average Bonchev–Trinajstić information content (AvgIpc) is 2.68. The summed E-state index contributed by atoms with van der Waals surface area (Å²) >= 11 is 0. The molecule has 1 aromatic heterocycles. The number of nitrogens with zero attached hydrogens (tertiary/aromatic N) is 2. The minimum Gasteiger partial charge on any atom is -0.351 e. The van der Waals surface area contributed by atoms with Crippen molar-refractivity contribution in [2.45, 2.75) is 32.7 Å². The molecule has 0 aliphatic rings. The molecule has 0 saturated carbocycles. The Balaban J connectivity index is 1.87. The van der Waals surface area contributed by atoms with E-state index < -0.39 is 0 Å². The highest BCUT2D eigenvalue weighted by molar-refractivity contribution is 6.04. The van der Waals surface area contributed by atoms with E-state index in [0.717, 1.165) is 13.0 Å². The molecule has 3 rings (SSSR count). The first-order valence-electron chi connectivity index (χ1n) is 9.47. The van der Waals surface area contributed by atoms with Crippen LogP contribution >= 0.6 is 0 Å². The molecular formula is C22H26N4O2. The standard InChI is InChI=1S/C22H26N4O2/c1-22(2,3)24-15-9-14-23-20(27)19-17-12-7-8-13-18(17)21(28)26(25-19)16-10-5-4-6-11-16/h4-8,10-13,24H,9,14-15H2,1-3H3,(H,23,27). The Bertz CT molecular complexity index is 1020. The summed E-state index contributed by atoms with van der Waals surface area (Å²) in [6.45, 7) is 7.65. The van der Waals surface area contributed by atoms with Crippen LogP contribution in [0.3, 0.4) is 0 Å². The third kappa shape index (κ3) is 4.64. The molecule has 2 aromatic carbocycles. The predicted molar refractivity (Wildman–Crippen MR) is 112 cm³/mol. The summed E-state index contributed by atoms with van der Waals surface area (Å²) in [5.74, 6) is -0.281. The number of para-hydroxylation sites is 1. The molecule has 6 heteroatoms. The van der Waals surface area contributed by atoms with Gasteiger partial charge in [-0.3, -0.25) is 9.59 Å². The molecule has 0 aliphatic carbocycles. The number of hydrogen-bond acceptors (Lipinski definition) is 4. The van der Waals surface area contributed by atoms with Crippen molar-refractivity contribution in [2.24, 2.45) is 0 Å². The molecule has 0 spiro atoms. The highest BCUT2D eigenvalue weighted by Gasteiger charge is 2.17. The van der Waals surface area contributed by atoms with Crippen LogP contribution in [0.4, 0.5) is 0 Å². The van der Waals surface area contributed by atoms with Gasteiger partial charge in [-0.25, -0.2) is 0 Å². The van der Waals surface area contributed by atoms with E-state index in [2.05, 4.69) is 36.5 Å². The zero-order valence-corrected chi connectivity index (χ0v) is 16.5. The van der Waals surface area contributed by atoms with Gasteiger partial charge in [-0.1, -0.05) is 36.4 Å². The maximum absolute atomic E-state index is 12.9.